The molecule has 0 fully saturated rings. The van der Waals surface area contributed by atoms with Crippen LogP contribution in [-0.2, 0) is 12.8 Å². The molecule has 3 heteroatoms. The maximum Gasteiger partial charge on any atom is 0.103 e. The maximum absolute atomic E-state index is 5.54. The summed E-state index contributed by atoms with van der Waals surface area (Å²) in [6.07, 6.45) is 1.90. The average molecular weight is 229 g/mol. The SMILES string of the molecule is CCc1[nH]c(C)nc1-c1ccc(CCN)cc1. The molecule has 0 bridgehead atoms. The van der Waals surface area contributed by atoms with E-state index in [4.69, 9.17) is 5.73 Å². The van der Waals surface area contributed by atoms with E-state index >= 15 is 0 Å². The number of imidazole rings is 1. The first-order valence-corrected chi connectivity index (χ1v) is 6.09. The van der Waals surface area contributed by atoms with Crippen molar-refractivity contribution < 1.29 is 0 Å². The number of aromatic nitrogens is 2. The Morgan fingerprint density at radius 1 is 1.24 bits per heavy atom. The van der Waals surface area contributed by atoms with Crippen LogP contribution in [0.1, 0.15) is 24.0 Å². The van der Waals surface area contributed by atoms with E-state index in [9.17, 15) is 0 Å². The number of aromatic amines is 1. The molecule has 0 saturated carbocycles. The Bertz CT molecular complexity index is 483. The second-order valence-electron chi connectivity index (χ2n) is 4.24. The van der Waals surface area contributed by atoms with Gasteiger partial charge in [-0.05, 0) is 31.9 Å². The molecule has 3 nitrogen and oxygen atoms in total. The fourth-order valence-corrected chi connectivity index (χ4v) is 2.03. The molecule has 0 aliphatic heterocycles. The predicted octanol–water partition coefficient (Wildman–Crippen LogP) is 2.45. The lowest BCUT2D eigenvalue weighted by atomic mass is 10.1. The van der Waals surface area contributed by atoms with E-state index in [0.29, 0.717) is 6.54 Å². The zero-order valence-corrected chi connectivity index (χ0v) is 10.5. The van der Waals surface area contributed by atoms with E-state index < -0.39 is 0 Å². The number of hydrogen-bond donors (Lipinski definition) is 2. The van der Waals surface area contributed by atoms with Crippen molar-refractivity contribution in [2.24, 2.45) is 5.73 Å². The molecule has 1 aromatic carbocycles. The zero-order valence-electron chi connectivity index (χ0n) is 10.5. The molecule has 0 saturated heterocycles. The van der Waals surface area contributed by atoms with Gasteiger partial charge in [-0.3, -0.25) is 0 Å². The van der Waals surface area contributed by atoms with E-state index in [1.807, 2.05) is 6.92 Å². The van der Waals surface area contributed by atoms with Gasteiger partial charge in [-0.25, -0.2) is 4.98 Å². The van der Waals surface area contributed by atoms with Crippen molar-refractivity contribution in [1.82, 2.24) is 9.97 Å². The molecule has 1 aromatic heterocycles. The molecule has 0 amide bonds. The molecule has 3 N–H and O–H groups in total. The molecule has 0 unspecified atom stereocenters. The van der Waals surface area contributed by atoms with Gasteiger partial charge >= 0.3 is 0 Å². The van der Waals surface area contributed by atoms with E-state index in [1.54, 1.807) is 0 Å². The first-order chi connectivity index (χ1) is 8.24. The molecule has 0 radical (unpaired) electrons. The Kier molecular flexibility index (Phi) is 3.59. The first kappa shape index (κ1) is 11.9. The van der Waals surface area contributed by atoms with Crippen molar-refractivity contribution >= 4 is 0 Å². The van der Waals surface area contributed by atoms with Crippen LogP contribution >= 0.6 is 0 Å². The van der Waals surface area contributed by atoms with Gasteiger partial charge < -0.3 is 10.7 Å². The normalized spacial score (nSPS) is 10.8. The van der Waals surface area contributed by atoms with Crippen LogP contribution in [0.4, 0.5) is 0 Å². The van der Waals surface area contributed by atoms with Crippen LogP contribution in [0, 0.1) is 6.92 Å². The van der Waals surface area contributed by atoms with Crippen LogP contribution in [0.2, 0.25) is 0 Å². The van der Waals surface area contributed by atoms with Crippen molar-refractivity contribution in [2.75, 3.05) is 6.54 Å². The smallest absolute Gasteiger partial charge is 0.103 e. The largest absolute Gasteiger partial charge is 0.346 e. The van der Waals surface area contributed by atoms with Gasteiger partial charge in [0.1, 0.15) is 5.82 Å². The highest BCUT2D eigenvalue weighted by Gasteiger charge is 2.08. The molecule has 90 valence electrons. The minimum Gasteiger partial charge on any atom is -0.346 e. The number of nitrogens with two attached hydrogens (primary N) is 1. The average Bonchev–Trinajstić information content (AvgIpc) is 2.72. The molecular formula is C14H19N3. The summed E-state index contributed by atoms with van der Waals surface area (Å²) in [6, 6.07) is 8.51. The van der Waals surface area contributed by atoms with Crippen LogP contribution in [0.15, 0.2) is 24.3 Å². The summed E-state index contributed by atoms with van der Waals surface area (Å²) in [4.78, 5) is 7.85. The maximum atomic E-state index is 5.54. The van der Waals surface area contributed by atoms with Crippen LogP contribution in [-0.4, -0.2) is 16.5 Å². The standard InChI is InChI=1S/C14H19N3/c1-3-13-14(17-10(2)16-13)12-6-4-11(5-7-12)8-9-15/h4-7H,3,8-9,15H2,1-2H3,(H,16,17). The number of rotatable bonds is 4. The van der Waals surface area contributed by atoms with E-state index in [0.717, 1.165) is 24.4 Å². The second kappa shape index (κ2) is 5.15. The van der Waals surface area contributed by atoms with Gasteiger partial charge in [0.2, 0.25) is 0 Å². The lowest BCUT2D eigenvalue weighted by Gasteiger charge is -2.02. The topological polar surface area (TPSA) is 54.7 Å². The highest BCUT2D eigenvalue weighted by atomic mass is 14.9. The van der Waals surface area contributed by atoms with Crippen molar-refractivity contribution in [3.63, 3.8) is 0 Å². The number of benzene rings is 1. The van der Waals surface area contributed by atoms with Crippen molar-refractivity contribution in [2.45, 2.75) is 26.7 Å². The van der Waals surface area contributed by atoms with Gasteiger partial charge in [0, 0.05) is 11.3 Å². The molecule has 2 aromatic rings. The van der Waals surface area contributed by atoms with Crippen LogP contribution < -0.4 is 5.73 Å². The van der Waals surface area contributed by atoms with E-state index in [2.05, 4.69) is 41.2 Å². The van der Waals surface area contributed by atoms with Gasteiger partial charge in [0.25, 0.3) is 0 Å². The van der Waals surface area contributed by atoms with Gasteiger partial charge in [-0.2, -0.15) is 0 Å². The Labute approximate surface area is 102 Å². The number of hydrogen-bond acceptors (Lipinski definition) is 2. The Morgan fingerprint density at radius 3 is 2.53 bits per heavy atom. The van der Waals surface area contributed by atoms with Gasteiger partial charge in [-0.1, -0.05) is 31.2 Å². The fraction of sp³-hybridized carbons (Fsp3) is 0.357. The molecule has 17 heavy (non-hydrogen) atoms. The second-order valence-corrected chi connectivity index (χ2v) is 4.24. The van der Waals surface area contributed by atoms with Crippen molar-refractivity contribution in [3.05, 3.63) is 41.3 Å². The summed E-state index contributed by atoms with van der Waals surface area (Å²) < 4.78 is 0. The quantitative estimate of drug-likeness (QED) is 0.846. The molecule has 2 rings (SSSR count). The fourth-order valence-electron chi connectivity index (χ4n) is 2.03. The van der Waals surface area contributed by atoms with Crippen LogP contribution in [0.5, 0.6) is 0 Å². The summed E-state index contributed by atoms with van der Waals surface area (Å²) in [7, 11) is 0. The summed E-state index contributed by atoms with van der Waals surface area (Å²) >= 11 is 0. The Hall–Kier alpha value is -1.61. The Morgan fingerprint density at radius 2 is 1.94 bits per heavy atom. The molecule has 0 aliphatic rings. The zero-order chi connectivity index (χ0) is 12.3. The summed E-state index contributed by atoms with van der Waals surface area (Å²) in [5.41, 5.74) is 10.3. The summed E-state index contributed by atoms with van der Waals surface area (Å²) in [6.45, 7) is 4.83. The minimum absolute atomic E-state index is 0.696. The predicted molar refractivity (Wildman–Crippen MR) is 70.9 cm³/mol. The van der Waals surface area contributed by atoms with Crippen molar-refractivity contribution in [1.29, 1.82) is 0 Å². The lowest BCUT2D eigenvalue weighted by molar-refractivity contribution is 0.969. The summed E-state index contributed by atoms with van der Waals surface area (Å²) in [5.74, 6) is 0.975. The monoisotopic (exact) mass is 229 g/mol. The van der Waals surface area contributed by atoms with E-state index in [1.165, 1.54) is 16.8 Å². The number of nitrogens with zero attached hydrogens (tertiary/aromatic N) is 1. The first-order valence-electron chi connectivity index (χ1n) is 6.09. The summed E-state index contributed by atoms with van der Waals surface area (Å²) in [5, 5.41) is 0. The van der Waals surface area contributed by atoms with Gasteiger partial charge in [0.05, 0.1) is 5.69 Å². The van der Waals surface area contributed by atoms with Crippen LogP contribution in [0.3, 0.4) is 0 Å². The van der Waals surface area contributed by atoms with Crippen LogP contribution in [0.25, 0.3) is 11.3 Å². The minimum atomic E-state index is 0.696. The molecule has 1 heterocycles. The third kappa shape index (κ3) is 2.56. The number of H-pyrrole nitrogens is 1. The Balaban J connectivity index is 2.32. The van der Waals surface area contributed by atoms with E-state index in [-0.39, 0.29) is 0 Å². The third-order valence-corrected chi connectivity index (χ3v) is 2.91. The molecule has 0 spiro atoms. The van der Waals surface area contributed by atoms with Gasteiger partial charge in [0.15, 0.2) is 0 Å². The lowest BCUT2D eigenvalue weighted by Crippen LogP contribution is -2.02. The third-order valence-electron chi connectivity index (χ3n) is 2.91. The highest BCUT2D eigenvalue weighted by Crippen LogP contribution is 2.22. The molecule has 0 atom stereocenters. The van der Waals surface area contributed by atoms with Crippen molar-refractivity contribution in [3.8, 4) is 11.3 Å². The molecular weight excluding hydrogens is 210 g/mol. The number of nitrogens with one attached hydrogen (secondary N) is 1. The highest BCUT2D eigenvalue weighted by molar-refractivity contribution is 5.62. The number of aryl methyl sites for hydroxylation is 2. The van der Waals surface area contributed by atoms with Gasteiger partial charge in [-0.15, -0.1) is 0 Å². The molecule has 0 aliphatic carbocycles.